The summed E-state index contributed by atoms with van der Waals surface area (Å²) in [6, 6.07) is 8.48. The van der Waals surface area contributed by atoms with Gasteiger partial charge in [0.15, 0.2) is 11.3 Å². The van der Waals surface area contributed by atoms with Crippen molar-refractivity contribution in [3.8, 4) is 5.75 Å². The Morgan fingerprint density at radius 2 is 1.83 bits per heavy atom. The van der Waals surface area contributed by atoms with Crippen LogP contribution >= 0.6 is 11.6 Å². The maximum absolute atomic E-state index is 13.1. The van der Waals surface area contributed by atoms with Crippen molar-refractivity contribution < 1.29 is 18.4 Å². The summed E-state index contributed by atoms with van der Waals surface area (Å²) < 4.78 is 24.9. The second-order valence-corrected chi connectivity index (χ2v) is 8.35. The first kappa shape index (κ1) is 18.6. The summed E-state index contributed by atoms with van der Waals surface area (Å²) in [7, 11) is 0. The van der Waals surface area contributed by atoms with E-state index in [1.807, 2.05) is 18.2 Å². The van der Waals surface area contributed by atoms with Gasteiger partial charge in [-0.1, -0.05) is 23.7 Å². The topological polar surface area (TPSA) is 43.9 Å². The number of halogens is 2. The molecule has 0 radical (unpaired) electrons. The average Bonchev–Trinajstić information content (AvgIpc) is 2.74. The highest BCUT2D eigenvalue weighted by Crippen LogP contribution is 2.38. The molecule has 0 amide bonds. The standard InChI is InChI=1S/C23H21ClFNO3/c24-20-11-18-16-3-1-2-4-17(16)23(27)29-21(18)19-12-26(13-28-22(19)20)10-9-14-5-7-15(25)8-6-14/h5-8,11H,1-4,9-10,12-13H2/p+1. The molecular formula is C23H22ClFNO3+. The van der Waals surface area contributed by atoms with Crippen LogP contribution in [0.2, 0.25) is 5.02 Å². The fraction of sp³-hybridized carbons (Fsp3) is 0.348. The van der Waals surface area contributed by atoms with Crippen molar-refractivity contribution in [3.63, 3.8) is 0 Å². The minimum Gasteiger partial charge on any atom is -0.443 e. The lowest BCUT2D eigenvalue weighted by atomic mass is 9.90. The Bertz CT molecular complexity index is 1140. The van der Waals surface area contributed by atoms with Gasteiger partial charge in [-0.25, -0.2) is 9.18 Å². The van der Waals surface area contributed by atoms with Gasteiger partial charge < -0.3 is 9.15 Å². The lowest BCUT2D eigenvalue weighted by Gasteiger charge is -2.28. The summed E-state index contributed by atoms with van der Waals surface area (Å²) in [5, 5.41) is 1.53. The molecule has 1 atom stereocenters. The van der Waals surface area contributed by atoms with E-state index in [-0.39, 0.29) is 11.4 Å². The van der Waals surface area contributed by atoms with E-state index in [1.165, 1.54) is 17.0 Å². The Morgan fingerprint density at radius 1 is 1.07 bits per heavy atom. The predicted molar refractivity (Wildman–Crippen MR) is 109 cm³/mol. The maximum Gasteiger partial charge on any atom is 0.339 e. The first-order valence-electron chi connectivity index (χ1n) is 10.1. The average molecular weight is 415 g/mol. The van der Waals surface area contributed by atoms with Crippen molar-refractivity contribution in [2.45, 2.75) is 38.6 Å². The van der Waals surface area contributed by atoms with Crippen molar-refractivity contribution in [3.05, 3.63) is 73.8 Å². The SMILES string of the molecule is O=c1oc2c3c(c(Cl)cc2c2c1CCCC2)OC[NH+](CCc1ccc(F)cc1)C3. The Morgan fingerprint density at radius 3 is 2.62 bits per heavy atom. The molecule has 0 saturated heterocycles. The summed E-state index contributed by atoms with van der Waals surface area (Å²) in [5.41, 5.74) is 4.24. The highest BCUT2D eigenvalue weighted by atomic mass is 35.5. The first-order valence-corrected chi connectivity index (χ1v) is 10.5. The molecule has 150 valence electrons. The van der Waals surface area contributed by atoms with E-state index in [1.54, 1.807) is 0 Å². The van der Waals surface area contributed by atoms with Crippen molar-refractivity contribution in [1.82, 2.24) is 0 Å². The van der Waals surface area contributed by atoms with Gasteiger partial charge in [0.1, 0.15) is 12.4 Å². The lowest BCUT2D eigenvalue weighted by Crippen LogP contribution is -3.12. The molecule has 1 unspecified atom stereocenters. The zero-order chi connectivity index (χ0) is 20.0. The largest absolute Gasteiger partial charge is 0.443 e. The van der Waals surface area contributed by atoms with Crippen molar-refractivity contribution in [2.75, 3.05) is 13.3 Å². The van der Waals surface area contributed by atoms with Crippen LogP contribution in [0.25, 0.3) is 11.0 Å². The van der Waals surface area contributed by atoms with Crippen LogP contribution in [0.4, 0.5) is 4.39 Å². The van der Waals surface area contributed by atoms with E-state index in [4.69, 9.17) is 20.8 Å². The number of ether oxygens (including phenoxy) is 1. The zero-order valence-corrected chi connectivity index (χ0v) is 16.8. The third-order valence-electron chi connectivity index (χ3n) is 6.04. The molecule has 0 fully saturated rings. The fourth-order valence-corrected chi connectivity index (χ4v) is 4.79. The van der Waals surface area contributed by atoms with E-state index >= 15 is 0 Å². The molecule has 1 aliphatic heterocycles. The second-order valence-electron chi connectivity index (χ2n) is 7.94. The van der Waals surface area contributed by atoms with Gasteiger partial charge in [0.2, 0.25) is 6.73 Å². The molecule has 1 aromatic heterocycles. The molecule has 0 bridgehead atoms. The van der Waals surface area contributed by atoms with E-state index in [0.29, 0.717) is 29.6 Å². The number of hydrogen-bond acceptors (Lipinski definition) is 3. The van der Waals surface area contributed by atoms with Gasteiger partial charge in [0.25, 0.3) is 0 Å². The zero-order valence-electron chi connectivity index (χ0n) is 16.0. The number of quaternary nitrogens is 1. The number of benzene rings is 2. The third kappa shape index (κ3) is 3.43. The molecule has 6 heteroatoms. The molecule has 0 spiro atoms. The normalized spacial score (nSPS) is 18.2. The van der Waals surface area contributed by atoms with Crippen LogP contribution in [0.15, 0.2) is 39.5 Å². The minimum atomic E-state index is -0.227. The Kier molecular flexibility index (Phi) is 4.80. The minimum absolute atomic E-state index is 0.226. The molecule has 0 saturated carbocycles. The fourth-order valence-electron chi connectivity index (χ4n) is 4.52. The van der Waals surface area contributed by atoms with E-state index in [2.05, 4.69) is 0 Å². The van der Waals surface area contributed by atoms with Crippen LogP contribution in [0, 0.1) is 5.82 Å². The molecule has 2 aromatic carbocycles. The van der Waals surface area contributed by atoms with Crippen LogP contribution in [-0.4, -0.2) is 13.3 Å². The summed E-state index contributed by atoms with van der Waals surface area (Å²) in [6.45, 7) is 2.00. The Labute approximate surface area is 172 Å². The van der Waals surface area contributed by atoms with E-state index in [9.17, 15) is 9.18 Å². The quantitative estimate of drug-likeness (QED) is 0.668. The van der Waals surface area contributed by atoms with Crippen LogP contribution in [0.5, 0.6) is 5.75 Å². The van der Waals surface area contributed by atoms with Crippen molar-refractivity contribution in [1.29, 1.82) is 0 Å². The van der Waals surface area contributed by atoms with Gasteiger partial charge in [-0.3, -0.25) is 4.90 Å². The van der Waals surface area contributed by atoms with Gasteiger partial charge in [-0.05, 0) is 55.0 Å². The highest BCUT2D eigenvalue weighted by Gasteiger charge is 2.29. The van der Waals surface area contributed by atoms with Crippen molar-refractivity contribution >= 4 is 22.6 Å². The number of fused-ring (bicyclic) bond motifs is 5. The highest BCUT2D eigenvalue weighted by molar-refractivity contribution is 6.33. The molecule has 1 aliphatic carbocycles. The van der Waals surface area contributed by atoms with E-state index in [0.717, 1.165) is 66.3 Å². The summed E-state index contributed by atoms with van der Waals surface area (Å²) in [5.74, 6) is 0.402. The monoisotopic (exact) mass is 414 g/mol. The van der Waals surface area contributed by atoms with Crippen molar-refractivity contribution in [2.24, 2.45) is 0 Å². The summed E-state index contributed by atoms with van der Waals surface area (Å²) in [6.07, 6.45) is 4.56. The van der Waals surface area contributed by atoms with E-state index < -0.39 is 0 Å². The molecule has 2 aliphatic rings. The molecule has 2 heterocycles. The smallest absolute Gasteiger partial charge is 0.339 e. The van der Waals surface area contributed by atoms with Crippen LogP contribution in [0.1, 0.15) is 35.1 Å². The van der Waals surface area contributed by atoms with Gasteiger partial charge in [0, 0.05) is 17.4 Å². The van der Waals surface area contributed by atoms with Crippen LogP contribution in [0.3, 0.4) is 0 Å². The van der Waals surface area contributed by atoms with Gasteiger partial charge in [-0.2, -0.15) is 0 Å². The Hall–Kier alpha value is -2.37. The predicted octanol–water partition coefficient (Wildman–Crippen LogP) is 3.44. The van der Waals surface area contributed by atoms with Crippen LogP contribution in [-0.2, 0) is 25.8 Å². The first-order chi connectivity index (χ1) is 14.1. The number of nitrogens with one attached hydrogen (secondary N) is 1. The molecular weight excluding hydrogens is 393 g/mol. The summed E-state index contributed by atoms with van der Waals surface area (Å²) >= 11 is 6.55. The van der Waals surface area contributed by atoms with Gasteiger partial charge in [-0.15, -0.1) is 0 Å². The molecule has 3 aromatic rings. The second kappa shape index (κ2) is 7.47. The number of aryl methyl sites for hydroxylation is 1. The maximum atomic E-state index is 13.1. The number of rotatable bonds is 3. The molecule has 29 heavy (non-hydrogen) atoms. The third-order valence-corrected chi connectivity index (χ3v) is 6.32. The number of hydrogen-bond donors (Lipinski definition) is 1. The summed E-state index contributed by atoms with van der Waals surface area (Å²) in [4.78, 5) is 13.8. The van der Waals surface area contributed by atoms with Crippen LogP contribution < -0.4 is 15.3 Å². The van der Waals surface area contributed by atoms with Gasteiger partial charge >= 0.3 is 5.63 Å². The lowest BCUT2D eigenvalue weighted by molar-refractivity contribution is -0.932. The van der Waals surface area contributed by atoms with Gasteiger partial charge in [0.05, 0.1) is 17.1 Å². The Balaban J connectivity index is 1.48. The molecule has 1 N–H and O–H groups in total. The molecule has 5 rings (SSSR count). The molecule has 4 nitrogen and oxygen atoms in total.